The first kappa shape index (κ1) is 12.7. The molecule has 0 radical (unpaired) electrons. The predicted molar refractivity (Wildman–Crippen MR) is 70.7 cm³/mol. The summed E-state index contributed by atoms with van der Waals surface area (Å²) in [6, 6.07) is 2.01. The first-order chi connectivity index (χ1) is 8.61. The van der Waals surface area contributed by atoms with Gasteiger partial charge in [-0.2, -0.15) is 0 Å². The molecule has 0 aliphatic rings. The van der Waals surface area contributed by atoms with Crippen LogP contribution in [0.4, 0.5) is 0 Å². The SMILES string of the molecule is CCNCc1cc(C)nc(-n2cnc(C)c2C)n1. The Balaban J connectivity index is 2.38. The molecule has 18 heavy (non-hydrogen) atoms. The van der Waals surface area contributed by atoms with Gasteiger partial charge in [-0.3, -0.25) is 4.57 Å². The van der Waals surface area contributed by atoms with Crippen LogP contribution >= 0.6 is 0 Å². The molecular formula is C13H19N5. The first-order valence-corrected chi connectivity index (χ1v) is 6.18. The summed E-state index contributed by atoms with van der Waals surface area (Å²) in [6.07, 6.45) is 1.77. The molecule has 0 aliphatic heterocycles. The Kier molecular flexibility index (Phi) is 3.72. The van der Waals surface area contributed by atoms with Gasteiger partial charge in [-0.15, -0.1) is 0 Å². The zero-order valence-corrected chi connectivity index (χ0v) is 11.4. The molecule has 2 heterocycles. The van der Waals surface area contributed by atoms with Crippen molar-refractivity contribution in [2.75, 3.05) is 6.54 Å². The second-order valence-electron chi connectivity index (χ2n) is 4.37. The largest absolute Gasteiger partial charge is 0.311 e. The van der Waals surface area contributed by atoms with Crippen molar-refractivity contribution in [3.8, 4) is 5.95 Å². The molecule has 5 nitrogen and oxygen atoms in total. The van der Waals surface area contributed by atoms with Crippen LogP contribution < -0.4 is 5.32 Å². The Bertz CT molecular complexity index is 544. The van der Waals surface area contributed by atoms with Gasteiger partial charge in [0, 0.05) is 17.9 Å². The van der Waals surface area contributed by atoms with Crippen molar-refractivity contribution < 1.29 is 0 Å². The Morgan fingerprint density at radius 1 is 1.22 bits per heavy atom. The van der Waals surface area contributed by atoms with E-state index < -0.39 is 0 Å². The lowest BCUT2D eigenvalue weighted by Gasteiger charge is -2.08. The van der Waals surface area contributed by atoms with Gasteiger partial charge in [-0.05, 0) is 33.4 Å². The molecule has 0 saturated carbocycles. The fourth-order valence-corrected chi connectivity index (χ4v) is 1.77. The van der Waals surface area contributed by atoms with E-state index in [1.807, 2.05) is 31.4 Å². The number of hydrogen-bond donors (Lipinski definition) is 1. The lowest BCUT2D eigenvalue weighted by Crippen LogP contribution is -2.15. The summed E-state index contributed by atoms with van der Waals surface area (Å²) in [6.45, 7) is 9.78. The van der Waals surface area contributed by atoms with Crippen molar-refractivity contribution in [1.29, 1.82) is 0 Å². The van der Waals surface area contributed by atoms with Crippen LogP contribution in [0.5, 0.6) is 0 Å². The molecule has 0 saturated heterocycles. The van der Waals surface area contributed by atoms with Crippen LogP contribution in [0.2, 0.25) is 0 Å². The van der Waals surface area contributed by atoms with E-state index in [0.717, 1.165) is 35.9 Å². The highest BCUT2D eigenvalue weighted by Gasteiger charge is 2.08. The molecule has 0 aliphatic carbocycles. The van der Waals surface area contributed by atoms with Crippen molar-refractivity contribution in [3.05, 3.63) is 35.2 Å². The molecule has 0 spiro atoms. The van der Waals surface area contributed by atoms with Gasteiger partial charge in [0.2, 0.25) is 5.95 Å². The van der Waals surface area contributed by atoms with E-state index in [1.54, 1.807) is 6.33 Å². The van der Waals surface area contributed by atoms with Crippen molar-refractivity contribution >= 4 is 0 Å². The fraction of sp³-hybridized carbons (Fsp3) is 0.462. The second kappa shape index (κ2) is 5.27. The van der Waals surface area contributed by atoms with E-state index in [9.17, 15) is 0 Å². The molecule has 0 fully saturated rings. The average molecular weight is 245 g/mol. The molecule has 96 valence electrons. The predicted octanol–water partition coefficient (Wildman–Crippen LogP) is 1.70. The van der Waals surface area contributed by atoms with E-state index in [4.69, 9.17) is 0 Å². The van der Waals surface area contributed by atoms with Crippen LogP contribution in [-0.4, -0.2) is 26.1 Å². The van der Waals surface area contributed by atoms with Crippen molar-refractivity contribution in [2.24, 2.45) is 0 Å². The van der Waals surface area contributed by atoms with E-state index in [2.05, 4.69) is 27.2 Å². The number of nitrogens with zero attached hydrogens (tertiary/aromatic N) is 4. The van der Waals surface area contributed by atoms with Gasteiger partial charge in [0.15, 0.2) is 0 Å². The van der Waals surface area contributed by atoms with Crippen LogP contribution in [0, 0.1) is 20.8 Å². The van der Waals surface area contributed by atoms with Gasteiger partial charge in [-0.25, -0.2) is 15.0 Å². The van der Waals surface area contributed by atoms with Gasteiger partial charge in [-0.1, -0.05) is 6.92 Å². The highest BCUT2D eigenvalue weighted by Crippen LogP contribution is 2.11. The monoisotopic (exact) mass is 245 g/mol. The number of nitrogens with one attached hydrogen (secondary N) is 1. The third-order valence-electron chi connectivity index (χ3n) is 2.92. The third-order valence-corrected chi connectivity index (χ3v) is 2.92. The molecule has 5 heteroatoms. The molecule has 0 aromatic carbocycles. The maximum absolute atomic E-state index is 4.56. The highest BCUT2D eigenvalue weighted by molar-refractivity contribution is 5.24. The van der Waals surface area contributed by atoms with Gasteiger partial charge in [0.25, 0.3) is 0 Å². The Hall–Kier alpha value is -1.75. The summed E-state index contributed by atoms with van der Waals surface area (Å²) >= 11 is 0. The molecule has 2 aromatic rings. The second-order valence-corrected chi connectivity index (χ2v) is 4.37. The van der Waals surface area contributed by atoms with E-state index in [1.165, 1.54) is 0 Å². The van der Waals surface area contributed by atoms with Crippen LogP contribution in [0.15, 0.2) is 12.4 Å². The Morgan fingerprint density at radius 2 is 2.00 bits per heavy atom. The van der Waals surface area contributed by atoms with Gasteiger partial charge >= 0.3 is 0 Å². The van der Waals surface area contributed by atoms with Crippen LogP contribution in [0.25, 0.3) is 5.95 Å². The fourth-order valence-electron chi connectivity index (χ4n) is 1.77. The minimum atomic E-state index is 0.695. The summed E-state index contributed by atoms with van der Waals surface area (Å²) in [7, 11) is 0. The van der Waals surface area contributed by atoms with Crippen molar-refractivity contribution in [1.82, 2.24) is 24.8 Å². The van der Waals surface area contributed by atoms with E-state index in [-0.39, 0.29) is 0 Å². The van der Waals surface area contributed by atoms with Gasteiger partial charge in [0.1, 0.15) is 6.33 Å². The quantitative estimate of drug-likeness (QED) is 0.890. The number of imidazole rings is 1. The molecule has 0 bridgehead atoms. The first-order valence-electron chi connectivity index (χ1n) is 6.18. The van der Waals surface area contributed by atoms with Crippen LogP contribution in [-0.2, 0) is 6.54 Å². The number of hydrogen-bond acceptors (Lipinski definition) is 4. The third kappa shape index (κ3) is 2.56. The number of aryl methyl sites for hydroxylation is 2. The average Bonchev–Trinajstić information content (AvgIpc) is 2.67. The summed E-state index contributed by atoms with van der Waals surface area (Å²) in [4.78, 5) is 13.3. The molecule has 1 N–H and O–H groups in total. The van der Waals surface area contributed by atoms with Crippen molar-refractivity contribution in [2.45, 2.75) is 34.2 Å². The van der Waals surface area contributed by atoms with Gasteiger partial charge < -0.3 is 5.32 Å². The van der Waals surface area contributed by atoms with E-state index >= 15 is 0 Å². The molecule has 2 aromatic heterocycles. The van der Waals surface area contributed by atoms with Crippen molar-refractivity contribution in [3.63, 3.8) is 0 Å². The smallest absolute Gasteiger partial charge is 0.235 e. The summed E-state index contributed by atoms with van der Waals surface area (Å²) in [5, 5.41) is 3.28. The lowest BCUT2D eigenvalue weighted by atomic mass is 10.3. The summed E-state index contributed by atoms with van der Waals surface area (Å²) in [5.41, 5.74) is 4.06. The molecule has 0 amide bonds. The van der Waals surface area contributed by atoms with E-state index in [0.29, 0.717) is 5.95 Å². The Labute approximate surface area is 107 Å². The minimum absolute atomic E-state index is 0.695. The number of rotatable bonds is 4. The molecule has 0 atom stereocenters. The Morgan fingerprint density at radius 3 is 2.61 bits per heavy atom. The zero-order valence-electron chi connectivity index (χ0n) is 11.4. The topological polar surface area (TPSA) is 55.6 Å². The maximum atomic E-state index is 4.56. The maximum Gasteiger partial charge on any atom is 0.235 e. The summed E-state index contributed by atoms with van der Waals surface area (Å²) < 4.78 is 1.93. The van der Waals surface area contributed by atoms with Crippen LogP contribution in [0.3, 0.4) is 0 Å². The minimum Gasteiger partial charge on any atom is -0.311 e. The number of aromatic nitrogens is 4. The van der Waals surface area contributed by atoms with Crippen LogP contribution in [0.1, 0.15) is 29.7 Å². The normalized spacial score (nSPS) is 10.9. The van der Waals surface area contributed by atoms with Gasteiger partial charge in [0.05, 0.1) is 11.4 Å². The summed E-state index contributed by atoms with van der Waals surface area (Å²) in [5.74, 6) is 0.695. The highest BCUT2D eigenvalue weighted by atomic mass is 15.2. The zero-order chi connectivity index (χ0) is 13.1. The standard InChI is InChI=1S/C13H19N5/c1-5-14-7-12-6-9(2)16-13(17-12)18-8-15-10(3)11(18)4/h6,8,14H,5,7H2,1-4H3. The lowest BCUT2D eigenvalue weighted by molar-refractivity contribution is 0.700. The molecule has 2 rings (SSSR count). The molecule has 0 unspecified atom stereocenters. The molecular weight excluding hydrogens is 226 g/mol.